The number of carbonyl (C=O) groups is 1. The summed E-state index contributed by atoms with van der Waals surface area (Å²) in [6.45, 7) is 9.83. The normalized spacial score (nSPS) is 11.7. The highest BCUT2D eigenvalue weighted by Gasteiger charge is 2.08. The molecule has 0 aromatic rings. The summed E-state index contributed by atoms with van der Waals surface area (Å²) in [7, 11) is 0. The Kier molecular flexibility index (Phi) is 18.4. The van der Waals surface area contributed by atoms with Crippen molar-refractivity contribution in [2.45, 2.75) is 143 Å². The third-order valence-electron chi connectivity index (χ3n) is 5.32. The lowest BCUT2D eigenvalue weighted by Gasteiger charge is -2.17. The Morgan fingerprint density at radius 1 is 0.630 bits per heavy atom. The molecule has 0 spiro atoms. The molecule has 0 aliphatic carbocycles. The van der Waals surface area contributed by atoms with Gasteiger partial charge in [-0.2, -0.15) is 0 Å². The van der Waals surface area contributed by atoms with Crippen molar-refractivity contribution in [3.8, 4) is 0 Å². The molecule has 0 N–H and O–H groups in total. The van der Waals surface area contributed by atoms with E-state index in [0.29, 0.717) is 18.4 Å². The van der Waals surface area contributed by atoms with Crippen LogP contribution in [0, 0.1) is 5.41 Å². The molecule has 0 atom stereocenters. The highest BCUT2D eigenvalue weighted by molar-refractivity contribution is 5.69. The summed E-state index contributed by atoms with van der Waals surface area (Å²) >= 11 is 0. The van der Waals surface area contributed by atoms with E-state index in [4.69, 9.17) is 4.74 Å². The van der Waals surface area contributed by atoms with Crippen LogP contribution in [0.2, 0.25) is 0 Å². The fraction of sp³-hybridized carbons (Fsp3) is 0.960. The molecule has 0 radical (unpaired) electrons. The Morgan fingerprint density at radius 2 is 1.07 bits per heavy atom. The maximum absolute atomic E-state index is 11.7. The van der Waals surface area contributed by atoms with Crippen LogP contribution < -0.4 is 0 Å². The van der Waals surface area contributed by atoms with Crippen LogP contribution in [-0.2, 0) is 9.53 Å². The fourth-order valence-electron chi connectivity index (χ4n) is 3.48. The number of carbonyl (C=O) groups excluding carboxylic acids is 1. The Labute approximate surface area is 171 Å². The molecule has 0 saturated carbocycles. The zero-order chi connectivity index (χ0) is 20.2. The van der Waals surface area contributed by atoms with E-state index in [9.17, 15) is 4.79 Å². The zero-order valence-electron chi connectivity index (χ0n) is 19.3. The molecule has 162 valence electrons. The van der Waals surface area contributed by atoms with Gasteiger partial charge in [0, 0.05) is 6.42 Å². The van der Waals surface area contributed by atoms with Crippen molar-refractivity contribution in [3.05, 3.63) is 0 Å². The number of hydrogen-bond acceptors (Lipinski definition) is 2. The number of ether oxygens (including phenoxy) is 1. The average molecular weight is 383 g/mol. The van der Waals surface area contributed by atoms with Crippen molar-refractivity contribution < 1.29 is 9.53 Å². The smallest absolute Gasteiger partial charge is 0.305 e. The number of esters is 1. The molecule has 0 aliphatic rings. The van der Waals surface area contributed by atoms with Gasteiger partial charge in [-0.3, -0.25) is 4.79 Å². The van der Waals surface area contributed by atoms with E-state index in [1.54, 1.807) is 0 Å². The lowest BCUT2D eigenvalue weighted by molar-refractivity contribution is -0.143. The Bertz CT molecular complexity index is 317. The third-order valence-corrected chi connectivity index (χ3v) is 5.32. The second-order valence-corrected chi connectivity index (χ2v) is 9.58. The van der Waals surface area contributed by atoms with Crippen LogP contribution in [0.1, 0.15) is 143 Å². The summed E-state index contributed by atoms with van der Waals surface area (Å²) in [5, 5.41) is 0. The van der Waals surface area contributed by atoms with E-state index in [1.165, 1.54) is 96.3 Å². The van der Waals surface area contributed by atoms with Gasteiger partial charge < -0.3 is 4.74 Å². The molecule has 0 amide bonds. The topological polar surface area (TPSA) is 26.3 Å². The van der Waals surface area contributed by atoms with Gasteiger partial charge in [-0.25, -0.2) is 0 Å². The summed E-state index contributed by atoms with van der Waals surface area (Å²) < 4.78 is 5.36. The molecule has 27 heavy (non-hydrogen) atoms. The lowest BCUT2D eigenvalue weighted by Crippen LogP contribution is -2.05. The highest BCUT2D eigenvalue weighted by atomic mass is 16.5. The molecule has 0 aromatic heterocycles. The molecule has 0 rings (SSSR count). The predicted molar refractivity (Wildman–Crippen MR) is 119 cm³/mol. The number of hydrogen-bond donors (Lipinski definition) is 0. The van der Waals surface area contributed by atoms with Crippen LogP contribution in [0.3, 0.4) is 0 Å². The fourth-order valence-corrected chi connectivity index (χ4v) is 3.48. The molecule has 0 unspecified atom stereocenters. The van der Waals surface area contributed by atoms with Crippen LogP contribution in [0.4, 0.5) is 0 Å². The average Bonchev–Trinajstić information content (AvgIpc) is 2.61. The standard InChI is InChI=1S/C25H50O2/c1-5-6-7-8-9-10-11-14-17-20-23-27-24(26)21-18-15-12-13-16-19-22-25(2,3)4/h5-23H2,1-4H3. The van der Waals surface area contributed by atoms with E-state index < -0.39 is 0 Å². The maximum atomic E-state index is 11.7. The van der Waals surface area contributed by atoms with Gasteiger partial charge in [0.15, 0.2) is 0 Å². The monoisotopic (exact) mass is 382 g/mol. The van der Waals surface area contributed by atoms with E-state index in [2.05, 4.69) is 27.7 Å². The van der Waals surface area contributed by atoms with Crippen LogP contribution in [-0.4, -0.2) is 12.6 Å². The van der Waals surface area contributed by atoms with Gasteiger partial charge in [0.05, 0.1) is 6.61 Å². The Hall–Kier alpha value is -0.530. The van der Waals surface area contributed by atoms with Crippen molar-refractivity contribution in [1.82, 2.24) is 0 Å². The predicted octanol–water partition coefficient (Wildman–Crippen LogP) is 8.62. The molecule has 0 heterocycles. The summed E-state index contributed by atoms with van der Waals surface area (Å²) in [4.78, 5) is 11.7. The van der Waals surface area contributed by atoms with Crippen molar-refractivity contribution in [1.29, 1.82) is 0 Å². The molecule has 0 aliphatic heterocycles. The summed E-state index contributed by atoms with van der Waals surface area (Å²) in [6, 6.07) is 0. The van der Waals surface area contributed by atoms with Gasteiger partial charge >= 0.3 is 5.97 Å². The molecule has 0 aromatic carbocycles. The first-order chi connectivity index (χ1) is 13.0. The molecule has 0 fully saturated rings. The van der Waals surface area contributed by atoms with Crippen molar-refractivity contribution in [2.24, 2.45) is 5.41 Å². The van der Waals surface area contributed by atoms with E-state index in [-0.39, 0.29) is 5.97 Å². The summed E-state index contributed by atoms with van der Waals surface area (Å²) in [5.74, 6) is 0.0126. The largest absolute Gasteiger partial charge is 0.466 e. The van der Waals surface area contributed by atoms with Gasteiger partial charge in [-0.15, -0.1) is 0 Å². The zero-order valence-corrected chi connectivity index (χ0v) is 19.3. The van der Waals surface area contributed by atoms with Gasteiger partial charge in [0.1, 0.15) is 0 Å². The first-order valence-corrected chi connectivity index (χ1v) is 12.1. The molecular weight excluding hydrogens is 332 g/mol. The molecule has 2 nitrogen and oxygen atoms in total. The van der Waals surface area contributed by atoms with Crippen molar-refractivity contribution in [2.75, 3.05) is 6.61 Å². The Balaban J connectivity index is 3.20. The van der Waals surface area contributed by atoms with Crippen molar-refractivity contribution in [3.63, 3.8) is 0 Å². The van der Waals surface area contributed by atoms with Crippen LogP contribution in [0.25, 0.3) is 0 Å². The second kappa shape index (κ2) is 18.8. The van der Waals surface area contributed by atoms with Gasteiger partial charge in [-0.05, 0) is 24.7 Å². The molecule has 2 heteroatoms. The van der Waals surface area contributed by atoms with Crippen LogP contribution >= 0.6 is 0 Å². The minimum atomic E-state index is 0.0126. The first kappa shape index (κ1) is 26.5. The van der Waals surface area contributed by atoms with Gasteiger partial charge in [-0.1, -0.05) is 118 Å². The second-order valence-electron chi connectivity index (χ2n) is 9.58. The highest BCUT2D eigenvalue weighted by Crippen LogP contribution is 2.22. The number of unbranched alkanes of at least 4 members (excludes halogenated alkanes) is 14. The maximum Gasteiger partial charge on any atom is 0.305 e. The van der Waals surface area contributed by atoms with Crippen LogP contribution in [0.5, 0.6) is 0 Å². The molecule has 0 bridgehead atoms. The summed E-state index contributed by atoms with van der Waals surface area (Å²) in [5.41, 5.74) is 0.470. The molecule has 0 saturated heterocycles. The van der Waals surface area contributed by atoms with E-state index in [1.807, 2.05) is 0 Å². The first-order valence-electron chi connectivity index (χ1n) is 12.1. The molecular formula is C25H50O2. The summed E-state index contributed by atoms with van der Waals surface area (Å²) in [6.07, 6.45) is 22.5. The van der Waals surface area contributed by atoms with Gasteiger partial charge in [0.25, 0.3) is 0 Å². The number of rotatable bonds is 19. The third kappa shape index (κ3) is 23.4. The minimum Gasteiger partial charge on any atom is -0.466 e. The Morgan fingerprint density at radius 3 is 1.59 bits per heavy atom. The minimum absolute atomic E-state index is 0.0126. The SMILES string of the molecule is CCCCCCCCCCCCOC(=O)CCCCCCCCC(C)(C)C. The van der Waals surface area contributed by atoms with Crippen LogP contribution in [0.15, 0.2) is 0 Å². The van der Waals surface area contributed by atoms with E-state index >= 15 is 0 Å². The van der Waals surface area contributed by atoms with Crippen molar-refractivity contribution >= 4 is 5.97 Å². The lowest BCUT2D eigenvalue weighted by atomic mass is 9.89. The van der Waals surface area contributed by atoms with E-state index in [0.717, 1.165) is 12.8 Å². The quantitative estimate of drug-likeness (QED) is 0.165. The van der Waals surface area contributed by atoms with Gasteiger partial charge in [0.2, 0.25) is 0 Å².